The Kier molecular flexibility index (Phi) is 3.36. The maximum Gasteiger partial charge on any atom is 0.0949 e. The zero-order valence-electron chi connectivity index (χ0n) is 7.49. The van der Waals surface area contributed by atoms with E-state index in [0.29, 0.717) is 0 Å². The molecule has 0 fully saturated rings. The molecule has 0 amide bonds. The van der Waals surface area contributed by atoms with E-state index in [1.165, 1.54) is 22.3 Å². The average molecular weight is 292 g/mol. The van der Waals surface area contributed by atoms with Crippen molar-refractivity contribution in [1.82, 2.24) is 0 Å². The van der Waals surface area contributed by atoms with Gasteiger partial charge in [0.1, 0.15) is 0 Å². The van der Waals surface area contributed by atoms with E-state index in [-0.39, 0.29) is 3.74 Å². The van der Waals surface area contributed by atoms with Gasteiger partial charge in [0.15, 0.2) is 0 Å². The molecular formula is C10H12Br2. The van der Waals surface area contributed by atoms with Crippen molar-refractivity contribution < 1.29 is 0 Å². The average Bonchev–Trinajstić information content (AvgIpc) is 1.96. The van der Waals surface area contributed by atoms with Gasteiger partial charge in [-0.05, 0) is 43.0 Å². The van der Waals surface area contributed by atoms with Crippen LogP contribution in [0.2, 0.25) is 0 Å². The summed E-state index contributed by atoms with van der Waals surface area (Å²) < 4.78 is 0.268. The number of rotatable bonds is 1. The largest absolute Gasteiger partial charge is 0.0949 e. The first kappa shape index (κ1) is 10.3. The zero-order chi connectivity index (χ0) is 9.30. The molecule has 0 saturated carbocycles. The third-order valence-electron chi connectivity index (χ3n) is 2.12. The second kappa shape index (κ2) is 3.93. The van der Waals surface area contributed by atoms with Crippen molar-refractivity contribution in [3.63, 3.8) is 0 Å². The van der Waals surface area contributed by atoms with E-state index in [1.54, 1.807) is 0 Å². The molecule has 1 aromatic carbocycles. The van der Waals surface area contributed by atoms with Crippen LogP contribution in [0, 0.1) is 20.8 Å². The van der Waals surface area contributed by atoms with Gasteiger partial charge in [-0.15, -0.1) is 0 Å². The summed E-state index contributed by atoms with van der Waals surface area (Å²) in [5.41, 5.74) is 5.35. The molecule has 1 rings (SSSR count). The lowest BCUT2D eigenvalue weighted by molar-refractivity contribution is 1.23. The van der Waals surface area contributed by atoms with Gasteiger partial charge in [0.2, 0.25) is 0 Å². The molecule has 66 valence electrons. The van der Waals surface area contributed by atoms with Crippen LogP contribution in [-0.4, -0.2) is 0 Å². The third kappa shape index (κ3) is 2.11. The first-order valence-corrected chi connectivity index (χ1v) is 5.71. The van der Waals surface area contributed by atoms with E-state index < -0.39 is 0 Å². The number of hydrogen-bond donors (Lipinski definition) is 0. The molecule has 0 aromatic heterocycles. The molecule has 0 aliphatic heterocycles. The minimum Gasteiger partial charge on any atom is -0.0712 e. The molecule has 0 heterocycles. The molecule has 0 N–H and O–H groups in total. The number of benzene rings is 1. The SMILES string of the molecule is Cc1cc(C)c(C(Br)Br)cc1C. The lowest BCUT2D eigenvalue weighted by Crippen LogP contribution is -1.91. The molecule has 1 aromatic rings. The second-order valence-electron chi connectivity index (χ2n) is 3.09. The lowest BCUT2D eigenvalue weighted by atomic mass is 10.0. The maximum absolute atomic E-state index is 3.51. The molecule has 0 radical (unpaired) electrons. The van der Waals surface area contributed by atoms with E-state index in [0.717, 1.165) is 0 Å². The van der Waals surface area contributed by atoms with Crippen molar-refractivity contribution >= 4 is 31.9 Å². The van der Waals surface area contributed by atoms with Crippen LogP contribution in [0.4, 0.5) is 0 Å². The van der Waals surface area contributed by atoms with Gasteiger partial charge in [-0.2, -0.15) is 0 Å². The van der Waals surface area contributed by atoms with Crippen molar-refractivity contribution in [2.45, 2.75) is 24.5 Å². The Morgan fingerprint density at radius 3 is 1.92 bits per heavy atom. The molecule has 0 spiro atoms. The van der Waals surface area contributed by atoms with Gasteiger partial charge in [0, 0.05) is 0 Å². The smallest absolute Gasteiger partial charge is 0.0712 e. The summed E-state index contributed by atoms with van der Waals surface area (Å²) in [5, 5.41) is 0. The van der Waals surface area contributed by atoms with Crippen molar-refractivity contribution in [3.05, 3.63) is 34.4 Å². The van der Waals surface area contributed by atoms with Crippen LogP contribution >= 0.6 is 31.9 Å². The Labute approximate surface area is 90.6 Å². The quantitative estimate of drug-likeness (QED) is 0.673. The summed E-state index contributed by atoms with van der Waals surface area (Å²) in [6.45, 7) is 6.42. The van der Waals surface area contributed by atoms with Crippen molar-refractivity contribution in [1.29, 1.82) is 0 Å². The summed E-state index contributed by atoms with van der Waals surface area (Å²) in [6, 6.07) is 4.44. The Morgan fingerprint density at radius 2 is 1.42 bits per heavy atom. The second-order valence-corrected chi connectivity index (χ2v) is 6.15. The van der Waals surface area contributed by atoms with Crippen molar-refractivity contribution in [3.8, 4) is 0 Å². The van der Waals surface area contributed by atoms with Gasteiger partial charge in [0.05, 0.1) is 3.74 Å². The summed E-state index contributed by atoms with van der Waals surface area (Å²) in [4.78, 5) is 0. The number of aryl methyl sites for hydroxylation is 3. The van der Waals surface area contributed by atoms with E-state index >= 15 is 0 Å². The van der Waals surface area contributed by atoms with Gasteiger partial charge in [-0.1, -0.05) is 44.0 Å². The third-order valence-corrected chi connectivity index (χ3v) is 3.10. The molecular weight excluding hydrogens is 280 g/mol. The highest BCUT2D eigenvalue weighted by Gasteiger charge is 2.07. The Morgan fingerprint density at radius 1 is 0.917 bits per heavy atom. The first-order chi connectivity index (χ1) is 5.52. The van der Waals surface area contributed by atoms with Gasteiger partial charge in [0.25, 0.3) is 0 Å². The van der Waals surface area contributed by atoms with E-state index in [1.807, 2.05) is 0 Å². The summed E-state index contributed by atoms with van der Waals surface area (Å²) in [5.74, 6) is 0. The van der Waals surface area contributed by atoms with Gasteiger partial charge in [-0.3, -0.25) is 0 Å². The Bertz CT molecular complexity index is 290. The fraction of sp³-hybridized carbons (Fsp3) is 0.400. The fourth-order valence-electron chi connectivity index (χ4n) is 1.22. The number of alkyl halides is 2. The topological polar surface area (TPSA) is 0 Å². The highest BCUT2D eigenvalue weighted by molar-refractivity contribution is 9.24. The van der Waals surface area contributed by atoms with Crippen LogP contribution in [0.25, 0.3) is 0 Å². The molecule has 12 heavy (non-hydrogen) atoms. The highest BCUT2D eigenvalue weighted by Crippen LogP contribution is 2.32. The first-order valence-electron chi connectivity index (χ1n) is 3.88. The van der Waals surface area contributed by atoms with Crippen molar-refractivity contribution in [2.75, 3.05) is 0 Å². The highest BCUT2D eigenvalue weighted by atomic mass is 79.9. The monoisotopic (exact) mass is 290 g/mol. The van der Waals surface area contributed by atoms with Crippen LogP contribution in [0.3, 0.4) is 0 Å². The minimum absolute atomic E-state index is 0.268. The van der Waals surface area contributed by atoms with Gasteiger partial charge >= 0.3 is 0 Å². The molecule has 0 atom stereocenters. The van der Waals surface area contributed by atoms with Gasteiger partial charge < -0.3 is 0 Å². The zero-order valence-corrected chi connectivity index (χ0v) is 10.7. The molecule has 0 aliphatic rings. The Hall–Kier alpha value is 0.180. The predicted octanol–water partition coefficient (Wildman–Crippen LogP) is 4.40. The van der Waals surface area contributed by atoms with Crippen LogP contribution in [0.15, 0.2) is 12.1 Å². The van der Waals surface area contributed by atoms with Gasteiger partial charge in [-0.25, -0.2) is 0 Å². The summed E-state index contributed by atoms with van der Waals surface area (Å²) in [6.07, 6.45) is 0. The number of hydrogen-bond acceptors (Lipinski definition) is 0. The molecule has 0 bridgehead atoms. The van der Waals surface area contributed by atoms with Crippen LogP contribution < -0.4 is 0 Å². The van der Waals surface area contributed by atoms with Crippen LogP contribution in [0.1, 0.15) is 26.0 Å². The molecule has 0 aliphatic carbocycles. The number of halogens is 2. The fourth-order valence-corrected chi connectivity index (χ4v) is 2.20. The molecule has 0 saturated heterocycles. The van der Waals surface area contributed by atoms with E-state index in [4.69, 9.17) is 0 Å². The normalized spacial score (nSPS) is 10.8. The molecule has 0 unspecified atom stereocenters. The van der Waals surface area contributed by atoms with Crippen LogP contribution in [-0.2, 0) is 0 Å². The lowest BCUT2D eigenvalue weighted by Gasteiger charge is -2.10. The maximum atomic E-state index is 3.51. The molecule has 2 heteroatoms. The predicted molar refractivity (Wildman–Crippen MR) is 61.2 cm³/mol. The summed E-state index contributed by atoms with van der Waals surface area (Å²) >= 11 is 7.02. The van der Waals surface area contributed by atoms with E-state index in [2.05, 4.69) is 64.8 Å². The summed E-state index contributed by atoms with van der Waals surface area (Å²) in [7, 11) is 0. The van der Waals surface area contributed by atoms with Crippen molar-refractivity contribution in [2.24, 2.45) is 0 Å². The van der Waals surface area contributed by atoms with E-state index in [9.17, 15) is 0 Å². The Balaban J connectivity index is 3.23. The molecule has 0 nitrogen and oxygen atoms in total. The minimum atomic E-state index is 0.268. The van der Waals surface area contributed by atoms with Crippen LogP contribution in [0.5, 0.6) is 0 Å². The standard InChI is InChI=1S/C10H12Br2/c1-6-4-8(3)9(10(11)12)5-7(6)2/h4-5,10H,1-3H3.